The number of likely N-dealkylation sites (N-methyl/N-ethyl adjacent to an activating group) is 1. The standard InChI is InChI=1S/C12H19N5O3/c1-3-16(4-2)6-5-14-12(18)9-7-11(13)15-8-10(9)17(19)20/h7-8H,3-6H2,1-2H3,(H2,13,15)(H,14,18). The third-order valence-corrected chi connectivity index (χ3v) is 2.95. The van der Waals surface area contributed by atoms with Gasteiger partial charge in [-0.05, 0) is 19.2 Å². The fourth-order valence-electron chi connectivity index (χ4n) is 1.75. The fraction of sp³-hybridized carbons (Fsp3) is 0.500. The second-order valence-electron chi connectivity index (χ2n) is 4.17. The predicted octanol–water partition coefficient (Wildman–Crippen LogP) is 0.644. The molecule has 0 aliphatic carbocycles. The summed E-state index contributed by atoms with van der Waals surface area (Å²) in [4.78, 5) is 27.9. The molecule has 0 bridgehead atoms. The van der Waals surface area contributed by atoms with Crippen LogP contribution in [-0.4, -0.2) is 46.9 Å². The van der Waals surface area contributed by atoms with Crippen LogP contribution in [0.2, 0.25) is 0 Å². The first-order valence-corrected chi connectivity index (χ1v) is 6.40. The minimum Gasteiger partial charge on any atom is -0.384 e. The number of nitro groups is 1. The Kier molecular flexibility index (Phi) is 5.85. The summed E-state index contributed by atoms with van der Waals surface area (Å²) < 4.78 is 0. The van der Waals surface area contributed by atoms with E-state index in [2.05, 4.69) is 15.2 Å². The monoisotopic (exact) mass is 281 g/mol. The molecule has 0 aromatic carbocycles. The summed E-state index contributed by atoms with van der Waals surface area (Å²) in [6.07, 6.45) is 0.995. The number of nitrogens with two attached hydrogens (primary N) is 1. The van der Waals surface area contributed by atoms with Crippen LogP contribution >= 0.6 is 0 Å². The van der Waals surface area contributed by atoms with Crippen molar-refractivity contribution in [3.8, 4) is 0 Å². The van der Waals surface area contributed by atoms with Crippen molar-refractivity contribution in [3.05, 3.63) is 27.9 Å². The molecule has 0 atom stereocenters. The summed E-state index contributed by atoms with van der Waals surface area (Å²) in [5.41, 5.74) is 5.05. The maximum absolute atomic E-state index is 12.0. The summed E-state index contributed by atoms with van der Waals surface area (Å²) in [5, 5.41) is 13.5. The van der Waals surface area contributed by atoms with Crippen molar-refractivity contribution in [3.63, 3.8) is 0 Å². The van der Waals surface area contributed by atoms with E-state index in [4.69, 9.17) is 5.73 Å². The van der Waals surface area contributed by atoms with Crippen LogP contribution in [0.3, 0.4) is 0 Å². The van der Waals surface area contributed by atoms with Gasteiger partial charge in [-0.2, -0.15) is 0 Å². The molecule has 0 saturated heterocycles. The summed E-state index contributed by atoms with van der Waals surface area (Å²) >= 11 is 0. The summed E-state index contributed by atoms with van der Waals surface area (Å²) in [6, 6.07) is 1.21. The highest BCUT2D eigenvalue weighted by atomic mass is 16.6. The summed E-state index contributed by atoms with van der Waals surface area (Å²) in [6.45, 7) is 6.93. The van der Waals surface area contributed by atoms with Gasteiger partial charge in [0.05, 0.1) is 4.92 Å². The lowest BCUT2D eigenvalue weighted by molar-refractivity contribution is -0.385. The molecule has 1 amide bonds. The number of rotatable bonds is 7. The van der Waals surface area contributed by atoms with Gasteiger partial charge in [0.1, 0.15) is 17.6 Å². The minimum absolute atomic E-state index is 0.0675. The molecule has 0 aliphatic heterocycles. The number of carbonyl (C=O) groups excluding carboxylic acids is 1. The van der Waals surface area contributed by atoms with Crippen LogP contribution < -0.4 is 11.1 Å². The molecule has 0 unspecified atom stereocenters. The predicted molar refractivity (Wildman–Crippen MR) is 75.4 cm³/mol. The second-order valence-corrected chi connectivity index (χ2v) is 4.17. The Labute approximate surface area is 117 Å². The Balaban J connectivity index is 2.72. The number of pyridine rings is 1. The molecule has 8 nitrogen and oxygen atoms in total. The molecule has 3 N–H and O–H groups in total. The molecular weight excluding hydrogens is 262 g/mol. The molecule has 1 rings (SSSR count). The zero-order valence-corrected chi connectivity index (χ0v) is 11.6. The third kappa shape index (κ3) is 4.16. The van der Waals surface area contributed by atoms with Crippen molar-refractivity contribution in [1.29, 1.82) is 0 Å². The number of anilines is 1. The third-order valence-electron chi connectivity index (χ3n) is 2.95. The smallest absolute Gasteiger partial charge is 0.300 e. The fourth-order valence-corrected chi connectivity index (χ4v) is 1.75. The summed E-state index contributed by atoms with van der Waals surface area (Å²) in [5.74, 6) is -0.442. The summed E-state index contributed by atoms with van der Waals surface area (Å²) in [7, 11) is 0. The average molecular weight is 281 g/mol. The first-order chi connectivity index (χ1) is 9.49. The lowest BCUT2D eigenvalue weighted by Crippen LogP contribution is -2.35. The molecule has 8 heteroatoms. The van der Waals surface area contributed by atoms with Gasteiger partial charge < -0.3 is 16.0 Å². The van der Waals surface area contributed by atoms with Gasteiger partial charge >= 0.3 is 0 Å². The molecule has 110 valence electrons. The van der Waals surface area contributed by atoms with E-state index in [1.54, 1.807) is 0 Å². The van der Waals surface area contributed by atoms with E-state index < -0.39 is 10.8 Å². The quantitative estimate of drug-likeness (QED) is 0.560. The molecule has 0 fully saturated rings. The van der Waals surface area contributed by atoms with Crippen LogP contribution in [0, 0.1) is 10.1 Å². The Hall–Kier alpha value is -2.22. The zero-order chi connectivity index (χ0) is 15.1. The van der Waals surface area contributed by atoms with Crippen molar-refractivity contribution in [1.82, 2.24) is 15.2 Å². The van der Waals surface area contributed by atoms with Gasteiger partial charge in [-0.1, -0.05) is 13.8 Å². The molecule has 1 aromatic rings. The van der Waals surface area contributed by atoms with E-state index in [-0.39, 0.29) is 17.1 Å². The number of aromatic nitrogens is 1. The number of nitrogens with zero attached hydrogens (tertiary/aromatic N) is 3. The molecule has 1 aromatic heterocycles. The number of nitrogen functional groups attached to an aromatic ring is 1. The van der Waals surface area contributed by atoms with Crippen LogP contribution in [0.15, 0.2) is 12.3 Å². The molecule has 0 spiro atoms. The number of nitrogens with one attached hydrogen (secondary N) is 1. The van der Waals surface area contributed by atoms with Crippen LogP contribution in [0.25, 0.3) is 0 Å². The number of amides is 1. The van der Waals surface area contributed by atoms with Gasteiger partial charge in [0.2, 0.25) is 0 Å². The van der Waals surface area contributed by atoms with Crippen molar-refractivity contribution in [2.45, 2.75) is 13.8 Å². The maximum atomic E-state index is 12.0. The van der Waals surface area contributed by atoms with Gasteiger partial charge in [-0.25, -0.2) is 4.98 Å². The van der Waals surface area contributed by atoms with Crippen molar-refractivity contribution in [2.75, 3.05) is 31.9 Å². The molecule has 20 heavy (non-hydrogen) atoms. The zero-order valence-electron chi connectivity index (χ0n) is 11.6. The van der Waals surface area contributed by atoms with Crippen molar-refractivity contribution in [2.24, 2.45) is 0 Å². The molecule has 0 saturated carbocycles. The maximum Gasteiger partial charge on any atom is 0.300 e. The average Bonchev–Trinajstić information content (AvgIpc) is 2.43. The largest absolute Gasteiger partial charge is 0.384 e. The lowest BCUT2D eigenvalue weighted by Gasteiger charge is -2.17. The Morgan fingerprint density at radius 1 is 1.50 bits per heavy atom. The van der Waals surface area contributed by atoms with Gasteiger partial charge in [0, 0.05) is 13.1 Å². The van der Waals surface area contributed by atoms with Gasteiger partial charge in [0.15, 0.2) is 0 Å². The molecule has 1 heterocycles. The van der Waals surface area contributed by atoms with Gasteiger partial charge in [-0.15, -0.1) is 0 Å². The van der Waals surface area contributed by atoms with E-state index in [0.29, 0.717) is 13.1 Å². The van der Waals surface area contributed by atoms with Crippen LogP contribution in [0.4, 0.5) is 11.5 Å². The number of hydrogen-bond donors (Lipinski definition) is 2. The van der Waals surface area contributed by atoms with E-state index >= 15 is 0 Å². The minimum atomic E-state index is -0.647. The molecule has 0 radical (unpaired) electrons. The first kappa shape index (κ1) is 15.8. The molecular formula is C12H19N5O3. The highest BCUT2D eigenvalue weighted by Gasteiger charge is 2.20. The normalized spacial score (nSPS) is 10.6. The van der Waals surface area contributed by atoms with Crippen LogP contribution in [-0.2, 0) is 0 Å². The topological polar surface area (TPSA) is 114 Å². The van der Waals surface area contributed by atoms with Crippen LogP contribution in [0.5, 0.6) is 0 Å². The second kappa shape index (κ2) is 7.39. The Morgan fingerprint density at radius 3 is 2.70 bits per heavy atom. The van der Waals surface area contributed by atoms with Gasteiger partial charge in [-0.3, -0.25) is 14.9 Å². The SMILES string of the molecule is CCN(CC)CCNC(=O)c1cc(N)ncc1[N+](=O)[O-]. The number of carbonyl (C=O) groups is 1. The molecule has 0 aliphatic rings. The van der Waals surface area contributed by atoms with Crippen molar-refractivity contribution >= 4 is 17.4 Å². The highest BCUT2D eigenvalue weighted by Crippen LogP contribution is 2.18. The van der Waals surface area contributed by atoms with E-state index in [1.165, 1.54) is 6.07 Å². The Morgan fingerprint density at radius 2 is 2.15 bits per heavy atom. The lowest BCUT2D eigenvalue weighted by atomic mass is 10.2. The first-order valence-electron chi connectivity index (χ1n) is 6.40. The van der Waals surface area contributed by atoms with E-state index in [9.17, 15) is 14.9 Å². The van der Waals surface area contributed by atoms with E-state index in [0.717, 1.165) is 19.3 Å². The Bertz CT molecular complexity index is 488. The van der Waals surface area contributed by atoms with Gasteiger partial charge in [0.25, 0.3) is 11.6 Å². The van der Waals surface area contributed by atoms with Crippen LogP contribution in [0.1, 0.15) is 24.2 Å². The van der Waals surface area contributed by atoms with Crippen molar-refractivity contribution < 1.29 is 9.72 Å². The number of hydrogen-bond acceptors (Lipinski definition) is 6. The highest BCUT2D eigenvalue weighted by molar-refractivity contribution is 5.98. The van der Waals surface area contributed by atoms with E-state index in [1.807, 2.05) is 13.8 Å².